The van der Waals surface area contributed by atoms with Crippen LogP contribution < -0.4 is 0 Å². The molecule has 0 atom stereocenters. The maximum absolute atomic E-state index is 12.8. The number of rotatable bonds is 3. The zero-order chi connectivity index (χ0) is 17.4. The van der Waals surface area contributed by atoms with Crippen molar-refractivity contribution in [1.29, 1.82) is 0 Å². The van der Waals surface area contributed by atoms with Crippen LogP contribution in [-0.4, -0.2) is 41.2 Å². The molecule has 0 bridgehead atoms. The van der Waals surface area contributed by atoms with Gasteiger partial charge >= 0.3 is 0 Å². The van der Waals surface area contributed by atoms with Crippen LogP contribution in [0.5, 0.6) is 0 Å². The first-order chi connectivity index (χ1) is 12.1. The second-order valence-corrected chi connectivity index (χ2v) is 6.62. The van der Waals surface area contributed by atoms with Crippen molar-refractivity contribution in [2.24, 2.45) is 0 Å². The van der Waals surface area contributed by atoms with Crippen molar-refractivity contribution < 1.29 is 14.0 Å². The molecule has 2 aliphatic rings. The number of hydrogen-bond acceptors (Lipinski definition) is 3. The Balaban J connectivity index is 1.45. The third-order valence-corrected chi connectivity index (χ3v) is 5.01. The largest absolute Gasteiger partial charge is 0.465 e. The van der Waals surface area contributed by atoms with E-state index >= 15 is 0 Å². The van der Waals surface area contributed by atoms with Gasteiger partial charge in [0.25, 0.3) is 5.91 Å². The van der Waals surface area contributed by atoms with Gasteiger partial charge in [0.05, 0.1) is 6.26 Å². The van der Waals surface area contributed by atoms with Gasteiger partial charge in [0.15, 0.2) is 0 Å². The summed E-state index contributed by atoms with van der Waals surface area (Å²) < 4.78 is 5.50. The number of hydrogen-bond donors (Lipinski definition) is 0. The summed E-state index contributed by atoms with van der Waals surface area (Å²) in [7, 11) is 0. The van der Waals surface area contributed by atoms with Gasteiger partial charge in [0.2, 0.25) is 5.91 Å². The van der Waals surface area contributed by atoms with Crippen LogP contribution in [0.1, 0.15) is 35.0 Å². The highest BCUT2D eigenvalue weighted by molar-refractivity contribution is 6.00. The summed E-state index contributed by atoms with van der Waals surface area (Å²) in [6.07, 6.45) is 2.48. The van der Waals surface area contributed by atoms with Crippen LogP contribution in [0, 0.1) is 0 Å². The van der Waals surface area contributed by atoms with E-state index in [1.807, 2.05) is 41.3 Å². The molecule has 0 saturated carbocycles. The van der Waals surface area contributed by atoms with E-state index in [0.717, 1.165) is 23.3 Å². The molecule has 4 rings (SSSR count). The molecule has 2 aromatic rings. The van der Waals surface area contributed by atoms with Crippen molar-refractivity contribution in [1.82, 2.24) is 9.80 Å². The van der Waals surface area contributed by atoms with Crippen LogP contribution in [0.2, 0.25) is 0 Å². The first-order valence-electron chi connectivity index (χ1n) is 8.51. The minimum atomic E-state index is -0.0565. The average Bonchev–Trinajstić information content (AvgIpc) is 3.25. The molecule has 0 spiro atoms. The molecule has 128 valence electrons. The first-order valence-corrected chi connectivity index (χ1v) is 8.51. The maximum atomic E-state index is 12.8. The minimum absolute atomic E-state index is 0.0160. The lowest BCUT2D eigenvalue weighted by Crippen LogP contribution is -2.43. The van der Waals surface area contributed by atoms with Crippen molar-refractivity contribution >= 4 is 17.4 Å². The predicted molar refractivity (Wildman–Crippen MR) is 93.7 cm³/mol. The molecule has 5 heteroatoms. The maximum Gasteiger partial charge on any atom is 0.254 e. The molecule has 0 saturated heterocycles. The summed E-state index contributed by atoms with van der Waals surface area (Å²) in [5, 5.41) is 0. The van der Waals surface area contributed by atoms with Gasteiger partial charge in [0.1, 0.15) is 12.3 Å². The Bertz CT molecular complexity index is 852. The van der Waals surface area contributed by atoms with Crippen molar-refractivity contribution in [3.63, 3.8) is 0 Å². The van der Waals surface area contributed by atoms with Crippen LogP contribution in [0.25, 0.3) is 5.57 Å². The summed E-state index contributed by atoms with van der Waals surface area (Å²) in [6.45, 7) is 3.93. The molecule has 0 N–H and O–H groups in total. The van der Waals surface area contributed by atoms with Crippen LogP contribution in [0.4, 0.5) is 0 Å². The monoisotopic (exact) mass is 336 g/mol. The number of amides is 2. The van der Waals surface area contributed by atoms with E-state index in [-0.39, 0.29) is 18.4 Å². The molecule has 1 aromatic carbocycles. The van der Waals surface area contributed by atoms with Crippen molar-refractivity contribution in [3.8, 4) is 0 Å². The quantitative estimate of drug-likeness (QED) is 0.866. The molecule has 0 radical (unpaired) electrons. The van der Waals surface area contributed by atoms with Crippen molar-refractivity contribution in [3.05, 3.63) is 65.1 Å². The second kappa shape index (κ2) is 6.24. The lowest BCUT2D eigenvalue weighted by molar-refractivity contribution is -0.131. The fourth-order valence-corrected chi connectivity index (χ4v) is 3.52. The molecular weight excluding hydrogens is 316 g/mol. The molecule has 2 aliphatic heterocycles. The Morgan fingerprint density at radius 2 is 2.00 bits per heavy atom. The Kier molecular flexibility index (Phi) is 3.92. The van der Waals surface area contributed by atoms with Crippen LogP contribution in [-0.2, 0) is 11.3 Å². The standard InChI is InChI=1S/C20H20N2O3/c1-14-8-9-21(12-17(14)18-7-4-10-25-18)19(23)13-22-11-15-5-2-3-6-16(15)20(22)24/h2-7,10H,8-9,11-13H2,1H3. The molecule has 25 heavy (non-hydrogen) atoms. The lowest BCUT2D eigenvalue weighted by Gasteiger charge is -2.30. The summed E-state index contributed by atoms with van der Waals surface area (Å²) in [5.74, 6) is 0.747. The topological polar surface area (TPSA) is 53.8 Å². The average molecular weight is 336 g/mol. The second-order valence-electron chi connectivity index (χ2n) is 6.62. The van der Waals surface area contributed by atoms with E-state index in [4.69, 9.17) is 4.42 Å². The lowest BCUT2D eigenvalue weighted by atomic mass is 9.99. The highest BCUT2D eigenvalue weighted by Gasteiger charge is 2.31. The van der Waals surface area contributed by atoms with Crippen molar-refractivity contribution in [2.75, 3.05) is 19.6 Å². The third-order valence-electron chi connectivity index (χ3n) is 5.01. The van der Waals surface area contributed by atoms with Crippen LogP contribution in [0.3, 0.4) is 0 Å². The molecule has 2 amide bonds. The van der Waals surface area contributed by atoms with E-state index in [9.17, 15) is 9.59 Å². The number of fused-ring (bicyclic) bond motifs is 1. The Hall–Kier alpha value is -2.82. The zero-order valence-electron chi connectivity index (χ0n) is 14.2. The van der Waals surface area contributed by atoms with E-state index in [1.165, 1.54) is 5.57 Å². The van der Waals surface area contributed by atoms with Gasteiger partial charge in [-0.25, -0.2) is 0 Å². The van der Waals surface area contributed by atoms with E-state index in [2.05, 4.69) is 6.92 Å². The molecule has 0 aliphatic carbocycles. The smallest absolute Gasteiger partial charge is 0.254 e. The van der Waals surface area contributed by atoms with Gasteiger partial charge in [-0.1, -0.05) is 23.8 Å². The highest BCUT2D eigenvalue weighted by atomic mass is 16.3. The molecular formula is C20H20N2O3. The minimum Gasteiger partial charge on any atom is -0.465 e. The molecule has 1 aromatic heterocycles. The number of carbonyl (C=O) groups excluding carboxylic acids is 2. The van der Waals surface area contributed by atoms with Gasteiger partial charge in [0, 0.05) is 30.8 Å². The summed E-state index contributed by atoms with van der Waals surface area (Å²) in [4.78, 5) is 28.7. The summed E-state index contributed by atoms with van der Waals surface area (Å²) in [6, 6.07) is 11.3. The highest BCUT2D eigenvalue weighted by Crippen LogP contribution is 2.27. The Morgan fingerprint density at radius 3 is 2.76 bits per heavy atom. The fraction of sp³-hybridized carbons (Fsp3) is 0.300. The van der Waals surface area contributed by atoms with Gasteiger partial charge < -0.3 is 14.2 Å². The Labute approximate surface area is 146 Å². The predicted octanol–water partition coefficient (Wildman–Crippen LogP) is 2.94. The fourth-order valence-electron chi connectivity index (χ4n) is 3.52. The van der Waals surface area contributed by atoms with Crippen LogP contribution >= 0.6 is 0 Å². The van der Waals surface area contributed by atoms with Crippen molar-refractivity contribution in [2.45, 2.75) is 19.9 Å². The van der Waals surface area contributed by atoms with Gasteiger partial charge in [-0.05, 0) is 37.1 Å². The van der Waals surface area contributed by atoms with Gasteiger partial charge in [-0.15, -0.1) is 0 Å². The third kappa shape index (κ3) is 2.86. The van der Waals surface area contributed by atoms with Crippen LogP contribution in [0.15, 0.2) is 52.7 Å². The summed E-state index contributed by atoms with van der Waals surface area (Å²) >= 11 is 0. The Morgan fingerprint density at radius 1 is 1.16 bits per heavy atom. The van der Waals surface area contributed by atoms with Gasteiger partial charge in [-0.3, -0.25) is 9.59 Å². The zero-order valence-corrected chi connectivity index (χ0v) is 14.2. The molecule has 5 nitrogen and oxygen atoms in total. The number of carbonyl (C=O) groups is 2. The molecule has 0 unspecified atom stereocenters. The normalized spacial score (nSPS) is 17.2. The number of benzene rings is 1. The number of furan rings is 1. The van der Waals surface area contributed by atoms with Gasteiger partial charge in [-0.2, -0.15) is 0 Å². The van der Waals surface area contributed by atoms with E-state index in [1.54, 1.807) is 11.2 Å². The van der Waals surface area contributed by atoms with E-state index in [0.29, 0.717) is 25.2 Å². The molecule has 3 heterocycles. The first kappa shape index (κ1) is 15.7. The number of nitrogens with zero attached hydrogens (tertiary/aromatic N) is 2. The SMILES string of the molecule is CC1=C(c2ccco2)CN(C(=O)CN2Cc3ccccc3C2=O)CC1. The molecule has 0 fully saturated rings. The summed E-state index contributed by atoms with van der Waals surface area (Å²) in [5.41, 5.74) is 4.02. The van der Waals surface area contributed by atoms with E-state index < -0.39 is 0 Å².